The van der Waals surface area contributed by atoms with Crippen molar-refractivity contribution in [2.24, 2.45) is 0 Å². The Morgan fingerprint density at radius 3 is 2.80 bits per heavy atom. The second-order valence-corrected chi connectivity index (χ2v) is 4.86. The number of aliphatic hydroxyl groups excluding tert-OH is 1. The molecule has 6 nitrogen and oxygen atoms in total. The molecule has 0 aliphatic carbocycles. The van der Waals surface area contributed by atoms with Gasteiger partial charge in [-0.2, -0.15) is 0 Å². The SMILES string of the molecule is CC(C)c1ncc(-n2nnc3ccccc32)c(CO)n1. The average molecular weight is 269 g/mol. The molecule has 0 bridgehead atoms. The van der Waals surface area contributed by atoms with Crippen LogP contribution in [0.15, 0.2) is 30.5 Å². The van der Waals surface area contributed by atoms with Crippen LogP contribution in [-0.2, 0) is 6.61 Å². The first-order chi connectivity index (χ1) is 9.70. The van der Waals surface area contributed by atoms with Crippen molar-refractivity contribution >= 4 is 11.0 Å². The van der Waals surface area contributed by atoms with Gasteiger partial charge >= 0.3 is 0 Å². The van der Waals surface area contributed by atoms with E-state index >= 15 is 0 Å². The summed E-state index contributed by atoms with van der Waals surface area (Å²) in [5, 5.41) is 17.8. The molecule has 1 N–H and O–H groups in total. The number of aromatic nitrogens is 5. The van der Waals surface area contributed by atoms with E-state index in [0.29, 0.717) is 17.2 Å². The Labute approximate surface area is 116 Å². The number of nitrogens with zero attached hydrogens (tertiary/aromatic N) is 5. The minimum atomic E-state index is -0.161. The molecule has 2 aromatic heterocycles. The molecule has 3 rings (SSSR count). The number of rotatable bonds is 3. The van der Waals surface area contributed by atoms with Crippen LogP contribution in [0.2, 0.25) is 0 Å². The van der Waals surface area contributed by atoms with Gasteiger partial charge in [0.25, 0.3) is 0 Å². The zero-order valence-corrected chi connectivity index (χ0v) is 11.4. The Bertz CT molecular complexity index is 750. The summed E-state index contributed by atoms with van der Waals surface area (Å²) in [4.78, 5) is 8.74. The Morgan fingerprint density at radius 1 is 1.25 bits per heavy atom. The molecule has 0 aliphatic rings. The minimum absolute atomic E-state index is 0.161. The van der Waals surface area contributed by atoms with Crippen LogP contribution in [0.25, 0.3) is 16.7 Å². The molecular weight excluding hydrogens is 254 g/mol. The van der Waals surface area contributed by atoms with E-state index in [9.17, 15) is 5.11 Å². The van der Waals surface area contributed by atoms with Crippen LogP contribution < -0.4 is 0 Å². The zero-order valence-electron chi connectivity index (χ0n) is 11.4. The van der Waals surface area contributed by atoms with E-state index < -0.39 is 0 Å². The van der Waals surface area contributed by atoms with Gasteiger partial charge in [0.2, 0.25) is 0 Å². The molecule has 0 radical (unpaired) electrons. The molecule has 0 amide bonds. The standard InChI is InChI=1S/C14H15N5O/c1-9(2)14-15-7-13(11(8-20)16-14)19-12-6-4-3-5-10(12)17-18-19/h3-7,9,20H,8H2,1-2H3. The van der Waals surface area contributed by atoms with Crippen LogP contribution in [0.1, 0.15) is 31.3 Å². The maximum absolute atomic E-state index is 9.54. The third-order valence-corrected chi connectivity index (χ3v) is 3.11. The molecule has 3 aromatic rings. The maximum Gasteiger partial charge on any atom is 0.131 e. The molecular formula is C14H15N5O. The molecule has 0 spiro atoms. The van der Waals surface area contributed by atoms with Crippen LogP contribution in [0.5, 0.6) is 0 Å². The van der Waals surface area contributed by atoms with Gasteiger partial charge in [-0.15, -0.1) is 5.10 Å². The molecule has 0 aliphatic heterocycles. The van der Waals surface area contributed by atoms with Gasteiger partial charge in [0.05, 0.1) is 24.0 Å². The lowest BCUT2D eigenvalue weighted by atomic mass is 10.2. The van der Waals surface area contributed by atoms with Crippen molar-refractivity contribution in [3.63, 3.8) is 0 Å². The Kier molecular flexibility index (Phi) is 3.15. The Morgan fingerprint density at radius 2 is 2.05 bits per heavy atom. The minimum Gasteiger partial charge on any atom is -0.390 e. The van der Waals surface area contributed by atoms with Gasteiger partial charge in [-0.05, 0) is 12.1 Å². The quantitative estimate of drug-likeness (QED) is 0.785. The molecule has 6 heteroatoms. The van der Waals surface area contributed by atoms with Crippen LogP contribution >= 0.6 is 0 Å². The van der Waals surface area contributed by atoms with Gasteiger partial charge in [-0.3, -0.25) is 0 Å². The van der Waals surface area contributed by atoms with Crippen molar-refractivity contribution in [3.05, 3.63) is 42.0 Å². The monoisotopic (exact) mass is 269 g/mol. The fourth-order valence-electron chi connectivity index (χ4n) is 2.04. The summed E-state index contributed by atoms with van der Waals surface area (Å²) < 4.78 is 1.66. The van der Waals surface area contributed by atoms with Crippen molar-refractivity contribution in [3.8, 4) is 5.69 Å². The van der Waals surface area contributed by atoms with E-state index in [2.05, 4.69) is 20.3 Å². The number of hydrogen-bond donors (Lipinski definition) is 1. The number of fused-ring (bicyclic) bond motifs is 1. The summed E-state index contributed by atoms with van der Waals surface area (Å²) in [6.07, 6.45) is 1.69. The summed E-state index contributed by atoms with van der Waals surface area (Å²) in [6, 6.07) is 7.64. The van der Waals surface area contributed by atoms with Crippen molar-refractivity contribution in [1.82, 2.24) is 25.0 Å². The summed E-state index contributed by atoms with van der Waals surface area (Å²) in [5.41, 5.74) is 2.87. The van der Waals surface area contributed by atoms with Gasteiger partial charge in [0, 0.05) is 5.92 Å². The number of aliphatic hydroxyl groups is 1. The first-order valence-corrected chi connectivity index (χ1v) is 6.48. The predicted octanol–water partition coefficient (Wildman–Crippen LogP) is 1.83. The van der Waals surface area contributed by atoms with Gasteiger partial charge in [-0.1, -0.05) is 31.2 Å². The highest BCUT2D eigenvalue weighted by atomic mass is 16.3. The van der Waals surface area contributed by atoms with Crippen molar-refractivity contribution in [2.45, 2.75) is 26.4 Å². The molecule has 0 unspecified atom stereocenters. The summed E-state index contributed by atoms with van der Waals surface area (Å²) in [6.45, 7) is 3.87. The topological polar surface area (TPSA) is 76.7 Å². The van der Waals surface area contributed by atoms with Crippen molar-refractivity contribution in [2.75, 3.05) is 0 Å². The summed E-state index contributed by atoms with van der Waals surface area (Å²) >= 11 is 0. The van der Waals surface area contributed by atoms with Crippen LogP contribution in [-0.4, -0.2) is 30.1 Å². The van der Waals surface area contributed by atoms with E-state index in [4.69, 9.17) is 0 Å². The molecule has 20 heavy (non-hydrogen) atoms. The molecule has 0 saturated carbocycles. The lowest BCUT2D eigenvalue weighted by Crippen LogP contribution is -2.09. The smallest absolute Gasteiger partial charge is 0.131 e. The van der Waals surface area contributed by atoms with E-state index in [-0.39, 0.29) is 12.5 Å². The van der Waals surface area contributed by atoms with E-state index in [1.807, 2.05) is 38.1 Å². The third kappa shape index (κ3) is 2.04. The molecule has 0 saturated heterocycles. The lowest BCUT2D eigenvalue weighted by molar-refractivity contribution is 0.275. The van der Waals surface area contributed by atoms with E-state index in [1.165, 1.54) is 0 Å². The van der Waals surface area contributed by atoms with Gasteiger partial charge in [-0.25, -0.2) is 14.6 Å². The fraction of sp³-hybridized carbons (Fsp3) is 0.286. The van der Waals surface area contributed by atoms with Gasteiger partial charge < -0.3 is 5.11 Å². The average Bonchev–Trinajstić information content (AvgIpc) is 2.90. The van der Waals surface area contributed by atoms with Gasteiger partial charge in [0.15, 0.2) is 0 Å². The largest absolute Gasteiger partial charge is 0.390 e. The molecule has 0 fully saturated rings. The molecule has 0 atom stereocenters. The highest BCUT2D eigenvalue weighted by Crippen LogP contribution is 2.19. The second-order valence-electron chi connectivity index (χ2n) is 4.86. The predicted molar refractivity (Wildman–Crippen MR) is 74.5 cm³/mol. The first kappa shape index (κ1) is 12.7. The van der Waals surface area contributed by atoms with E-state index in [0.717, 1.165) is 11.0 Å². The molecule has 102 valence electrons. The van der Waals surface area contributed by atoms with Gasteiger partial charge in [0.1, 0.15) is 17.0 Å². The highest BCUT2D eigenvalue weighted by Gasteiger charge is 2.13. The number of para-hydroxylation sites is 1. The maximum atomic E-state index is 9.54. The highest BCUT2D eigenvalue weighted by molar-refractivity contribution is 5.75. The Hall–Kier alpha value is -2.34. The zero-order chi connectivity index (χ0) is 14.1. The first-order valence-electron chi connectivity index (χ1n) is 6.48. The number of benzene rings is 1. The van der Waals surface area contributed by atoms with Crippen molar-refractivity contribution < 1.29 is 5.11 Å². The van der Waals surface area contributed by atoms with Crippen LogP contribution in [0.3, 0.4) is 0 Å². The summed E-state index contributed by atoms with van der Waals surface area (Å²) in [7, 11) is 0. The summed E-state index contributed by atoms with van der Waals surface area (Å²) in [5.74, 6) is 0.920. The number of hydrogen-bond acceptors (Lipinski definition) is 5. The normalized spacial score (nSPS) is 11.4. The fourth-order valence-corrected chi connectivity index (χ4v) is 2.04. The second kappa shape index (κ2) is 4.97. The molecule has 2 heterocycles. The Balaban J connectivity index is 2.19. The molecule has 1 aromatic carbocycles. The third-order valence-electron chi connectivity index (χ3n) is 3.11. The lowest BCUT2D eigenvalue weighted by Gasteiger charge is -2.10. The van der Waals surface area contributed by atoms with E-state index in [1.54, 1.807) is 10.9 Å². The van der Waals surface area contributed by atoms with Crippen molar-refractivity contribution in [1.29, 1.82) is 0 Å². The van der Waals surface area contributed by atoms with Crippen LogP contribution in [0.4, 0.5) is 0 Å². The van der Waals surface area contributed by atoms with Crippen LogP contribution in [0, 0.1) is 0 Å².